The van der Waals surface area contributed by atoms with E-state index in [0.29, 0.717) is 33.9 Å². The molecule has 2 heterocycles. The van der Waals surface area contributed by atoms with Crippen molar-refractivity contribution >= 4 is 27.3 Å². The predicted octanol–water partition coefficient (Wildman–Crippen LogP) is 2.94. The van der Waals surface area contributed by atoms with Crippen LogP contribution < -0.4 is 14.4 Å². The van der Waals surface area contributed by atoms with Crippen molar-refractivity contribution in [1.82, 2.24) is 4.57 Å². The van der Waals surface area contributed by atoms with E-state index in [4.69, 9.17) is 9.47 Å². The lowest BCUT2D eigenvalue weighted by Gasteiger charge is -2.20. The van der Waals surface area contributed by atoms with Gasteiger partial charge in [-0.15, -0.1) is 0 Å². The highest BCUT2D eigenvalue weighted by Gasteiger charge is 2.37. The lowest BCUT2D eigenvalue weighted by molar-refractivity contribution is 0.0926. The van der Waals surface area contributed by atoms with Crippen LogP contribution in [-0.4, -0.2) is 51.0 Å². The number of hydrogen-bond acceptors (Lipinski definition) is 6. The van der Waals surface area contributed by atoms with Gasteiger partial charge in [0.05, 0.1) is 42.8 Å². The smallest absolute Gasteiger partial charge is 0.266 e. The van der Waals surface area contributed by atoms with Gasteiger partial charge < -0.3 is 14.0 Å². The SMILES string of the molecule is COc1ccc(C(CS(C)(=O)=O)n2ccc(N3C(=O)c4ccccc4C3=O)c2)cc1OC. The number of amides is 2. The number of imide groups is 1. The van der Waals surface area contributed by atoms with Crippen LogP contribution >= 0.6 is 0 Å². The second-order valence-corrected chi connectivity index (χ2v) is 9.72. The molecule has 3 aromatic rings. The Hall–Kier alpha value is -3.59. The summed E-state index contributed by atoms with van der Waals surface area (Å²) in [4.78, 5) is 26.7. The number of benzene rings is 2. The Morgan fingerprint density at radius 3 is 2.09 bits per heavy atom. The third-order valence-electron chi connectivity index (χ3n) is 5.36. The molecule has 0 spiro atoms. The Morgan fingerprint density at radius 2 is 1.53 bits per heavy atom. The van der Waals surface area contributed by atoms with E-state index in [9.17, 15) is 18.0 Å². The maximum Gasteiger partial charge on any atom is 0.266 e. The molecule has 1 unspecified atom stereocenters. The molecule has 2 amide bonds. The van der Waals surface area contributed by atoms with E-state index in [-0.39, 0.29) is 5.75 Å². The summed E-state index contributed by atoms with van der Waals surface area (Å²) >= 11 is 0. The van der Waals surface area contributed by atoms with Crippen molar-refractivity contribution in [3.05, 3.63) is 77.6 Å². The van der Waals surface area contributed by atoms with Crippen LogP contribution in [0.1, 0.15) is 32.3 Å². The van der Waals surface area contributed by atoms with Crippen LogP contribution in [0.3, 0.4) is 0 Å². The fraction of sp³-hybridized carbons (Fsp3) is 0.217. The number of carbonyl (C=O) groups is 2. The molecule has 0 saturated carbocycles. The third-order valence-corrected chi connectivity index (χ3v) is 6.29. The van der Waals surface area contributed by atoms with Crippen molar-refractivity contribution in [1.29, 1.82) is 0 Å². The van der Waals surface area contributed by atoms with Crippen molar-refractivity contribution in [3.8, 4) is 11.5 Å². The fourth-order valence-corrected chi connectivity index (χ4v) is 4.79. The van der Waals surface area contributed by atoms with Gasteiger partial charge in [0, 0.05) is 18.6 Å². The number of anilines is 1. The molecule has 9 heteroatoms. The van der Waals surface area contributed by atoms with Crippen LogP contribution in [0.25, 0.3) is 0 Å². The second kappa shape index (κ2) is 8.16. The number of nitrogens with zero attached hydrogens (tertiary/aromatic N) is 2. The Kier molecular flexibility index (Phi) is 5.52. The molecule has 1 atom stereocenters. The van der Waals surface area contributed by atoms with Crippen LogP contribution in [-0.2, 0) is 9.84 Å². The summed E-state index contributed by atoms with van der Waals surface area (Å²) in [6, 6.07) is 12.8. The van der Waals surface area contributed by atoms with Crippen molar-refractivity contribution in [2.45, 2.75) is 6.04 Å². The van der Waals surface area contributed by atoms with E-state index in [0.717, 1.165) is 11.2 Å². The monoisotopic (exact) mass is 454 g/mol. The largest absolute Gasteiger partial charge is 0.493 e. The average Bonchev–Trinajstić information content (AvgIpc) is 3.34. The summed E-state index contributed by atoms with van der Waals surface area (Å²) in [5, 5.41) is 0. The quantitative estimate of drug-likeness (QED) is 0.510. The van der Waals surface area contributed by atoms with Crippen LogP contribution in [0, 0.1) is 0 Å². The molecule has 1 aliphatic rings. The molecule has 0 N–H and O–H groups in total. The molecule has 2 aromatic carbocycles. The number of aromatic nitrogens is 1. The molecule has 32 heavy (non-hydrogen) atoms. The summed E-state index contributed by atoms with van der Waals surface area (Å²) in [5.74, 6) is -0.00769. The molecule has 0 saturated heterocycles. The molecule has 0 fully saturated rings. The zero-order valence-corrected chi connectivity index (χ0v) is 18.6. The van der Waals surface area contributed by atoms with Gasteiger partial charge in [0.15, 0.2) is 11.5 Å². The first-order valence-electron chi connectivity index (χ1n) is 9.78. The highest BCUT2D eigenvalue weighted by atomic mass is 32.2. The highest BCUT2D eigenvalue weighted by Crippen LogP contribution is 2.34. The standard InChI is InChI=1S/C23H22N2O6S/c1-30-20-9-8-15(12-21(20)31-2)19(14-32(3,28)29)24-11-10-16(13-24)25-22(26)17-6-4-5-7-18(17)23(25)27/h4-13,19H,14H2,1-3H3. The van der Waals surface area contributed by atoms with Gasteiger partial charge >= 0.3 is 0 Å². The Labute approximate surface area is 185 Å². The number of hydrogen-bond donors (Lipinski definition) is 0. The predicted molar refractivity (Wildman–Crippen MR) is 119 cm³/mol. The van der Waals surface area contributed by atoms with Gasteiger partial charge in [0.1, 0.15) is 9.84 Å². The molecular formula is C23H22N2O6S. The highest BCUT2D eigenvalue weighted by molar-refractivity contribution is 7.90. The molecule has 0 bridgehead atoms. The Morgan fingerprint density at radius 1 is 0.906 bits per heavy atom. The molecule has 1 aromatic heterocycles. The minimum atomic E-state index is -3.37. The van der Waals surface area contributed by atoms with E-state index in [2.05, 4.69) is 0 Å². The van der Waals surface area contributed by atoms with Gasteiger partial charge in [-0.3, -0.25) is 9.59 Å². The van der Waals surface area contributed by atoms with E-state index in [1.165, 1.54) is 14.2 Å². The summed E-state index contributed by atoms with van der Waals surface area (Å²) < 4.78 is 36.7. The molecular weight excluding hydrogens is 432 g/mol. The first-order valence-corrected chi connectivity index (χ1v) is 11.8. The summed E-state index contributed by atoms with van der Waals surface area (Å²) in [6.07, 6.45) is 4.43. The van der Waals surface area contributed by atoms with Gasteiger partial charge in [-0.05, 0) is 35.9 Å². The Balaban J connectivity index is 1.74. The number of sulfone groups is 1. The van der Waals surface area contributed by atoms with Crippen LogP contribution in [0.4, 0.5) is 5.69 Å². The van der Waals surface area contributed by atoms with Crippen LogP contribution in [0.2, 0.25) is 0 Å². The fourth-order valence-electron chi connectivity index (χ4n) is 3.85. The van der Waals surface area contributed by atoms with Gasteiger partial charge in [-0.2, -0.15) is 0 Å². The molecule has 0 aliphatic carbocycles. The average molecular weight is 455 g/mol. The van der Waals surface area contributed by atoms with Gasteiger partial charge in [0.2, 0.25) is 0 Å². The normalized spacial score (nSPS) is 14.4. The molecule has 0 radical (unpaired) electrons. The van der Waals surface area contributed by atoms with Gasteiger partial charge in [-0.25, -0.2) is 13.3 Å². The van der Waals surface area contributed by atoms with Crippen molar-refractivity contribution in [2.75, 3.05) is 31.1 Å². The number of methoxy groups -OCH3 is 2. The van der Waals surface area contributed by atoms with E-state index in [1.54, 1.807) is 65.5 Å². The summed E-state index contributed by atoms with van der Waals surface area (Å²) in [5.41, 5.74) is 1.74. The summed E-state index contributed by atoms with van der Waals surface area (Å²) in [7, 11) is -0.347. The van der Waals surface area contributed by atoms with E-state index >= 15 is 0 Å². The first kappa shape index (κ1) is 21.6. The third kappa shape index (κ3) is 3.87. The molecule has 1 aliphatic heterocycles. The molecule has 8 nitrogen and oxygen atoms in total. The minimum absolute atomic E-state index is 0.182. The first-order chi connectivity index (χ1) is 15.2. The van der Waals surface area contributed by atoms with Crippen molar-refractivity contribution in [2.24, 2.45) is 0 Å². The Bertz CT molecular complexity index is 1280. The molecule has 166 valence electrons. The van der Waals surface area contributed by atoms with Gasteiger partial charge in [0.25, 0.3) is 11.8 Å². The number of fused-ring (bicyclic) bond motifs is 1. The lowest BCUT2D eigenvalue weighted by Crippen LogP contribution is -2.29. The number of rotatable bonds is 7. The zero-order chi connectivity index (χ0) is 23.0. The maximum absolute atomic E-state index is 12.8. The minimum Gasteiger partial charge on any atom is -0.493 e. The van der Waals surface area contributed by atoms with Crippen molar-refractivity contribution in [3.63, 3.8) is 0 Å². The van der Waals surface area contributed by atoms with Crippen LogP contribution in [0.15, 0.2) is 60.9 Å². The van der Waals surface area contributed by atoms with Crippen LogP contribution in [0.5, 0.6) is 11.5 Å². The zero-order valence-electron chi connectivity index (χ0n) is 17.8. The lowest BCUT2D eigenvalue weighted by atomic mass is 10.1. The number of carbonyl (C=O) groups excluding carboxylic acids is 2. The van der Waals surface area contributed by atoms with Gasteiger partial charge in [-0.1, -0.05) is 18.2 Å². The maximum atomic E-state index is 12.8. The van der Waals surface area contributed by atoms with E-state index < -0.39 is 27.7 Å². The molecule has 4 rings (SSSR count). The topological polar surface area (TPSA) is 94.9 Å². The van der Waals surface area contributed by atoms with E-state index in [1.807, 2.05) is 0 Å². The second-order valence-electron chi connectivity index (χ2n) is 7.53. The number of ether oxygens (including phenoxy) is 2. The van der Waals surface area contributed by atoms with Crippen molar-refractivity contribution < 1.29 is 27.5 Å². The summed E-state index contributed by atoms with van der Waals surface area (Å²) in [6.45, 7) is 0.